The van der Waals surface area contributed by atoms with E-state index in [0.29, 0.717) is 35.5 Å². The van der Waals surface area contributed by atoms with E-state index in [4.69, 9.17) is 4.74 Å². The molecular formula is C21H24N2O4. The zero-order chi connectivity index (χ0) is 19.6. The number of rotatable bonds is 8. The van der Waals surface area contributed by atoms with Gasteiger partial charge in [-0.1, -0.05) is 13.3 Å². The van der Waals surface area contributed by atoms with Crippen molar-refractivity contribution in [2.24, 2.45) is 0 Å². The van der Waals surface area contributed by atoms with E-state index >= 15 is 0 Å². The van der Waals surface area contributed by atoms with Gasteiger partial charge >= 0.3 is 5.97 Å². The van der Waals surface area contributed by atoms with Crippen molar-refractivity contribution in [3.8, 4) is 0 Å². The predicted molar refractivity (Wildman–Crippen MR) is 105 cm³/mol. The Hall–Kier alpha value is -3.15. The van der Waals surface area contributed by atoms with E-state index in [-0.39, 0.29) is 11.8 Å². The lowest BCUT2D eigenvalue weighted by atomic mass is 10.1. The van der Waals surface area contributed by atoms with Crippen molar-refractivity contribution in [3.05, 3.63) is 59.7 Å². The Morgan fingerprint density at radius 3 is 1.93 bits per heavy atom. The minimum atomic E-state index is -0.396. The highest BCUT2D eigenvalue weighted by molar-refractivity contribution is 6.05. The first-order chi connectivity index (χ1) is 13.0. The molecule has 0 aliphatic rings. The summed E-state index contributed by atoms with van der Waals surface area (Å²) in [5.41, 5.74) is 2.13. The lowest BCUT2D eigenvalue weighted by Crippen LogP contribution is -2.13. The molecule has 0 atom stereocenters. The topological polar surface area (TPSA) is 84.5 Å². The van der Waals surface area contributed by atoms with Gasteiger partial charge in [0.05, 0.1) is 12.2 Å². The highest BCUT2D eigenvalue weighted by Crippen LogP contribution is 2.15. The van der Waals surface area contributed by atoms with Crippen LogP contribution in [0.2, 0.25) is 0 Å². The minimum absolute atomic E-state index is 0.0317. The van der Waals surface area contributed by atoms with Crippen LogP contribution < -0.4 is 10.6 Å². The number of hydrogen-bond acceptors (Lipinski definition) is 4. The van der Waals surface area contributed by atoms with Crippen molar-refractivity contribution < 1.29 is 19.1 Å². The number of unbranched alkanes of at least 4 members (excludes halogenated alkanes) is 1. The van der Waals surface area contributed by atoms with Gasteiger partial charge in [0.1, 0.15) is 0 Å². The van der Waals surface area contributed by atoms with Crippen molar-refractivity contribution in [2.45, 2.75) is 33.1 Å². The van der Waals surface area contributed by atoms with Crippen molar-refractivity contribution in [3.63, 3.8) is 0 Å². The van der Waals surface area contributed by atoms with Gasteiger partial charge in [-0.15, -0.1) is 0 Å². The van der Waals surface area contributed by atoms with E-state index in [1.807, 2.05) is 6.92 Å². The predicted octanol–water partition coefficient (Wildman–Crippen LogP) is 4.24. The lowest BCUT2D eigenvalue weighted by molar-refractivity contribution is -0.116. The Kier molecular flexibility index (Phi) is 7.55. The van der Waals surface area contributed by atoms with Crippen LogP contribution in [-0.4, -0.2) is 24.4 Å². The van der Waals surface area contributed by atoms with Gasteiger partial charge in [-0.3, -0.25) is 9.59 Å². The van der Waals surface area contributed by atoms with Gasteiger partial charge in [-0.2, -0.15) is 0 Å². The van der Waals surface area contributed by atoms with E-state index in [2.05, 4.69) is 10.6 Å². The summed E-state index contributed by atoms with van der Waals surface area (Å²) < 4.78 is 4.92. The maximum atomic E-state index is 12.3. The Bertz CT molecular complexity index is 783. The number of carbonyl (C=O) groups excluding carboxylic acids is 3. The van der Waals surface area contributed by atoms with Crippen molar-refractivity contribution in [1.82, 2.24) is 0 Å². The Morgan fingerprint density at radius 2 is 1.37 bits per heavy atom. The fourth-order valence-corrected chi connectivity index (χ4v) is 2.37. The number of benzene rings is 2. The van der Waals surface area contributed by atoms with Crippen molar-refractivity contribution in [1.29, 1.82) is 0 Å². The molecule has 2 N–H and O–H groups in total. The van der Waals surface area contributed by atoms with Crippen LogP contribution >= 0.6 is 0 Å². The fraction of sp³-hybridized carbons (Fsp3) is 0.286. The molecule has 0 aliphatic carbocycles. The zero-order valence-corrected chi connectivity index (χ0v) is 15.6. The molecule has 0 spiro atoms. The largest absolute Gasteiger partial charge is 0.462 e. The monoisotopic (exact) mass is 368 g/mol. The fourth-order valence-electron chi connectivity index (χ4n) is 2.37. The van der Waals surface area contributed by atoms with Gasteiger partial charge in [0.2, 0.25) is 5.91 Å². The molecule has 0 fully saturated rings. The summed E-state index contributed by atoms with van der Waals surface area (Å²) in [5.74, 6) is -0.703. The number of carbonyl (C=O) groups is 3. The average Bonchev–Trinajstić information content (AvgIpc) is 2.67. The highest BCUT2D eigenvalue weighted by atomic mass is 16.5. The zero-order valence-electron chi connectivity index (χ0n) is 15.6. The number of anilines is 2. The van der Waals surface area contributed by atoms with Crippen LogP contribution in [-0.2, 0) is 9.53 Å². The SMILES string of the molecule is CCCCC(=O)Nc1ccc(C(=O)Nc2ccc(C(=O)OCC)cc2)cc1. The molecule has 142 valence electrons. The molecule has 0 aliphatic heterocycles. The number of esters is 1. The second kappa shape index (κ2) is 10.1. The Labute approximate surface area is 158 Å². The van der Waals surface area contributed by atoms with Gasteiger partial charge in [0.25, 0.3) is 5.91 Å². The highest BCUT2D eigenvalue weighted by Gasteiger charge is 2.09. The van der Waals surface area contributed by atoms with Crippen molar-refractivity contribution in [2.75, 3.05) is 17.2 Å². The summed E-state index contributed by atoms with van der Waals surface area (Å²) >= 11 is 0. The first-order valence-electron chi connectivity index (χ1n) is 9.02. The van der Waals surface area contributed by atoms with E-state index in [1.165, 1.54) is 0 Å². The Morgan fingerprint density at radius 1 is 0.815 bits per heavy atom. The molecule has 6 heteroatoms. The lowest BCUT2D eigenvalue weighted by Gasteiger charge is -2.08. The molecule has 0 saturated carbocycles. The first-order valence-corrected chi connectivity index (χ1v) is 9.02. The molecular weight excluding hydrogens is 344 g/mol. The van der Waals surface area contributed by atoms with E-state index in [0.717, 1.165) is 12.8 Å². The second-order valence-corrected chi connectivity index (χ2v) is 5.98. The third kappa shape index (κ3) is 6.26. The molecule has 0 unspecified atom stereocenters. The van der Waals surface area contributed by atoms with Crippen LogP contribution in [0.5, 0.6) is 0 Å². The summed E-state index contributed by atoms with van der Waals surface area (Å²) in [6.07, 6.45) is 2.30. The third-order valence-electron chi connectivity index (χ3n) is 3.84. The molecule has 2 aromatic carbocycles. The summed E-state index contributed by atoms with van der Waals surface area (Å²) in [5, 5.41) is 5.57. The van der Waals surface area contributed by atoms with Crippen LogP contribution in [0.15, 0.2) is 48.5 Å². The van der Waals surface area contributed by atoms with Gasteiger partial charge in [-0.05, 0) is 61.9 Å². The molecule has 0 saturated heterocycles. The smallest absolute Gasteiger partial charge is 0.338 e. The van der Waals surface area contributed by atoms with E-state index in [9.17, 15) is 14.4 Å². The van der Waals surface area contributed by atoms with Crippen LogP contribution in [0.3, 0.4) is 0 Å². The first kappa shape index (κ1) is 20.2. The summed E-state index contributed by atoms with van der Waals surface area (Å²) in [7, 11) is 0. The minimum Gasteiger partial charge on any atom is -0.462 e. The normalized spacial score (nSPS) is 10.1. The summed E-state index contributed by atoms with van der Waals surface area (Å²) in [6.45, 7) is 4.09. The molecule has 0 aromatic heterocycles. The number of ether oxygens (including phenoxy) is 1. The molecule has 2 aromatic rings. The van der Waals surface area contributed by atoms with Crippen molar-refractivity contribution >= 4 is 29.2 Å². The molecule has 2 amide bonds. The number of nitrogens with one attached hydrogen (secondary N) is 2. The molecule has 0 radical (unpaired) electrons. The maximum absolute atomic E-state index is 12.3. The van der Waals surface area contributed by atoms with Crippen LogP contribution in [0, 0.1) is 0 Å². The Balaban J connectivity index is 1.93. The van der Waals surface area contributed by atoms with Gasteiger partial charge in [0, 0.05) is 23.4 Å². The third-order valence-corrected chi connectivity index (χ3v) is 3.84. The number of hydrogen-bond donors (Lipinski definition) is 2. The standard InChI is InChI=1S/C21H24N2O4/c1-3-5-6-19(24)22-17-11-7-15(8-12-17)20(25)23-18-13-9-16(10-14-18)21(26)27-4-2/h7-14H,3-6H2,1-2H3,(H,22,24)(H,23,25). The number of amides is 2. The van der Waals surface area contributed by atoms with Crippen LogP contribution in [0.25, 0.3) is 0 Å². The van der Waals surface area contributed by atoms with Gasteiger partial charge < -0.3 is 15.4 Å². The van der Waals surface area contributed by atoms with Gasteiger partial charge in [0.15, 0.2) is 0 Å². The van der Waals surface area contributed by atoms with Gasteiger partial charge in [-0.25, -0.2) is 4.79 Å². The second-order valence-electron chi connectivity index (χ2n) is 5.98. The maximum Gasteiger partial charge on any atom is 0.338 e. The molecule has 0 bridgehead atoms. The quantitative estimate of drug-likeness (QED) is 0.683. The molecule has 0 heterocycles. The van der Waals surface area contributed by atoms with Crippen LogP contribution in [0.1, 0.15) is 53.8 Å². The molecule has 6 nitrogen and oxygen atoms in total. The summed E-state index contributed by atoms with van der Waals surface area (Å²) in [6, 6.07) is 13.2. The van der Waals surface area contributed by atoms with E-state index < -0.39 is 5.97 Å². The van der Waals surface area contributed by atoms with Crippen LogP contribution in [0.4, 0.5) is 11.4 Å². The molecule has 27 heavy (non-hydrogen) atoms. The average molecular weight is 368 g/mol. The molecule has 2 rings (SSSR count). The summed E-state index contributed by atoms with van der Waals surface area (Å²) in [4.78, 5) is 35.7. The van der Waals surface area contributed by atoms with E-state index in [1.54, 1.807) is 55.5 Å².